The average molecular weight is 245 g/mol. The fourth-order valence-corrected chi connectivity index (χ4v) is 1.35. The summed E-state index contributed by atoms with van der Waals surface area (Å²) in [5, 5.41) is 11.4. The maximum atomic E-state index is 11.9. The van der Waals surface area contributed by atoms with E-state index in [-0.39, 0.29) is 30.4 Å². The van der Waals surface area contributed by atoms with Gasteiger partial charge in [0.2, 0.25) is 5.91 Å². The molecule has 0 spiro atoms. The van der Waals surface area contributed by atoms with Gasteiger partial charge in [-0.3, -0.25) is 4.79 Å². The van der Waals surface area contributed by atoms with Gasteiger partial charge in [-0.15, -0.1) is 0 Å². The van der Waals surface area contributed by atoms with E-state index in [0.29, 0.717) is 12.8 Å². The standard InChI is InChI=1S/C11H23N3O3/c1-8(2)14(7-10(12)13-16)11(15)6-5-9(3)17-4/h8-9,16H,5-7H2,1-4H3,(H2,12,13). The lowest BCUT2D eigenvalue weighted by atomic mass is 10.2. The number of ether oxygens (including phenoxy) is 1. The molecule has 1 unspecified atom stereocenters. The predicted molar refractivity (Wildman–Crippen MR) is 66.0 cm³/mol. The lowest BCUT2D eigenvalue weighted by Gasteiger charge is -2.26. The number of nitrogens with zero attached hydrogens (tertiary/aromatic N) is 2. The largest absolute Gasteiger partial charge is 0.409 e. The van der Waals surface area contributed by atoms with Gasteiger partial charge in [0.05, 0.1) is 12.6 Å². The number of hydrogen-bond acceptors (Lipinski definition) is 4. The number of rotatable bonds is 7. The molecule has 1 amide bonds. The maximum absolute atomic E-state index is 11.9. The third kappa shape index (κ3) is 6.11. The van der Waals surface area contributed by atoms with Crippen molar-refractivity contribution >= 4 is 11.7 Å². The second-order valence-corrected chi connectivity index (χ2v) is 4.29. The molecule has 100 valence electrons. The molecule has 3 N–H and O–H groups in total. The van der Waals surface area contributed by atoms with Gasteiger partial charge in [0.25, 0.3) is 0 Å². The third-order valence-electron chi connectivity index (χ3n) is 2.57. The van der Waals surface area contributed by atoms with Gasteiger partial charge in [0.15, 0.2) is 5.84 Å². The number of nitrogens with two attached hydrogens (primary N) is 1. The van der Waals surface area contributed by atoms with Crippen LogP contribution in [-0.4, -0.2) is 47.7 Å². The zero-order valence-corrected chi connectivity index (χ0v) is 11.0. The Labute approximate surface area is 102 Å². The van der Waals surface area contributed by atoms with Crippen LogP contribution in [0.3, 0.4) is 0 Å². The van der Waals surface area contributed by atoms with E-state index in [9.17, 15) is 4.79 Å². The monoisotopic (exact) mass is 245 g/mol. The number of carbonyl (C=O) groups is 1. The van der Waals surface area contributed by atoms with Gasteiger partial charge in [-0.1, -0.05) is 5.16 Å². The highest BCUT2D eigenvalue weighted by atomic mass is 16.5. The minimum absolute atomic E-state index is 0.0145. The number of amides is 1. The van der Waals surface area contributed by atoms with E-state index in [1.54, 1.807) is 12.0 Å². The summed E-state index contributed by atoms with van der Waals surface area (Å²) < 4.78 is 5.08. The molecular formula is C11H23N3O3. The summed E-state index contributed by atoms with van der Waals surface area (Å²) in [4.78, 5) is 13.5. The summed E-state index contributed by atoms with van der Waals surface area (Å²) in [5.74, 6) is 0.0161. The molecule has 0 rings (SSSR count). The van der Waals surface area contributed by atoms with E-state index in [0.717, 1.165) is 0 Å². The highest BCUT2D eigenvalue weighted by molar-refractivity contribution is 5.87. The molecule has 0 radical (unpaired) electrons. The Morgan fingerprint density at radius 2 is 2.06 bits per heavy atom. The van der Waals surface area contributed by atoms with E-state index < -0.39 is 0 Å². The molecule has 0 aromatic heterocycles. The van der Waals surface area contributed by atoms with Gasteiger partial charge in [0, 0.05) is 19.6 Å². The van der Waals surface area contributed by atoms with Crippen LogP contribution in [0, 0.1) is 0 Å². The van der Waals surface area contributed by atoms with Gasteiger partial charge in [-0.2, -0.15) is 0 Å². The highest BCUT2D eigenvalue weighted by Crippen LogP contribution is 2.07. The van der Waals surface area contributed by atoms with E-state index in [1.807, 2.05) is 20.8 Å². The van der Waals surface area contributed by atoms with Crippen LogP contribution in [0.2, 0.25) is 0 Å². The van der Waals surface area contributed by atoms with E-state index in [1.165, 1.54) is 0 Å². The first-order valence-electron chi connectivity index (χ1n) is 5.71. The summed E-state index contributed by atoms with van der Waals surface area (Å²) in [5.41, 5.74) is 5.41. The van der Waals surface area contributed by atoms with E-state index in [4.69, 9.17) is 15.7 Å². The first-order valence-corrected chi connectivity index (χ1v) is 5.71. The van der Waals surface area contributed by atoms with E-state index in [2.05, 4.69) is 5.16 Å². The molecule has 0 aliphatic heterocycles. The molecule has 1 atom stereocenters. The molecule has 0 bridgehead atoms. The van der Waals surface area contributed by atoms with Gasteiger partial charge >= 0.3 is 0 Å². The molecule has 17 heavy (non-hydrogen) atoms. The van der Waals surface area contributed by atoms with Gasteiger partial charge in [0.1, 0.15) is 0 Å². The topological polar surface area (TPSA) is 88.2 Å². The molecule has 0 aromatic carbocycles. The van der Waals surface area contributed by atoms with Crippen molar-refractivity contribution in [1.29, 1.82) is 0 Å². The summed E-state index contributed by atoms with van der Waals surface area (Å²) >= 11 is 0. The first kappa shape index (κ1) is 15.7. The predicted octanol–water partition coefficient (Wildman–Crippen LogP) is 0.785. The molecule has 0 aliphatic carbocycles. The second-order valence-electron chi connectivity index (χ2n) is 4.29. The number of oxime groups is 1. The number of carbonyl (C=O) groups excluding carboxylic acids is 1. The molecule has 6 nitrogen and oxygen atoms in total. The van der Waals surface area contributed by atoms with Gasteiger partial charge in [-0.25, -0.2) is 0 Å². The van der Waals surface area contributed by atoms with Crippen LogP contribution in [0.5, 0.6) is 0 Å². The Kier molecular flexibility index (Phi) is 7.29. The Morgan fingerprint density at radius 1 is 1.47 bits per heavy atom. The summed E-state index contributed by atoms with van der Waals surface area (Å²) in [6.45, 7) is 5.84. The molecule has 0 saturated carbocycles. The van der Waals surface area contributed by atoms with E-state index >= 15 is 0 Å². The quantitative estimate of drug-likeness (QED) is 0.300. The van der Waals surface area contributed by atoms with Crippen molar-refractivity contribution < 1.29 is 14.7 Å². The van der Waals surface area contributed by atoms with Crippen molar-refractivity contribution in [3.8, 4) is 0 Å². The minimum atomic E-state index is -0.0181. The van der Waals surface area contributed by atoms with Crippen molar-refractivity contribution in [2.45, 2.75) is 45.8 Å². The Bertz CT molecular complexity index is 267. The van der Waals surface area contributed by atoms with Crippen molar-refractivity contribution in [2.24, 2.45) is 10.9 Å². The smallest absolute Gasteiger partial charge is 0.223 e. The normalized spacial score (nSPS) is 13.8. The van der Waals surface area contributed by atoms with Crippen LogP contribution >= 0.6 is 0 Å². The van der Waals surface area contributed by atoms with Crippen LogP contribution in [0.1, 0.15) is 33.6 Å². The molecular weight excluding hydrogens is 222 g/mol. The van der Waals surface area contributed by atoms with Crippen molar-refractivity contribution in [3.05, 3.63) is 0 Å². The lowest BCUT2D eigenvalue weighted by molar-refractivity contribution is -0.132. The summed E-state index contributed by atoms with van der Waals surface area (Å²) in [6, 6.07) is 0.0145. The second kappa shape index (κ2) is 7.89. The molecule has 0 saturated heterocycles. The van der Waals surface area contributed by atoms with Crippen LogP contribution in [0.4, 0.5) is 0 Å². The van der Waals surface area contributed by atoms with Crippen molar-refractivity contribution in [1.82, 2.24) is 4.90 Å². The van der Waals surface area contributed by atoms with Crippen LogP contribution in [-0.2, 0) is 9.53 Å². The molecule has 6 heteroatoms. The minimum Gasteiger partial charge on any atom is -0.409 e. The Morgan fingerprint density at radius 3 is 2.47 bits per heavy atom. The fraction of sp³-hybridized carbons (Fsp3) is 0.818. The number of methoxy groups -OCH3 is 1. The Balaban J connectivity index is 4.35. The van der Waals surface area contributed by atoms with Crippen LogP contribution in [0.25, 0.3) is 0 Å². The summed E-state index contributed by atoms with van der Waals surface area (Å²) in [7, 11) is 1.62. The number of hydrogen-bond donors (Lipinski definition) is 2. The average Bonchev–Trinajstić information content (AvgIpc) is 2.31. The lowest BCUT2D eigenvalue weighted by Crippen LogP contribution is -2.43. The maximum Gasteiger partial charge on any atom is 0.223 e. The highest BCUT2D eigenvalue weighted by Gasteiger charge is 2.18. The van der Waals surface area contributed by atoms with Crippen molar-refractivity contribution in [3.63, 3.8) is 0 Å². The van der Waals surface area contributed by atoms with Gasteiger partial charge in [-0.05, 0) is 27.2 Å². The molecule has 0 aromatic rings. The molecule has 0 fully saturated rings. The zero-order valence-electron chi connectivity index (χ0n) is 11.0. The zero-order chi connectivity index (χ0) is 13.4. The fourth-order valence-electron chi connectivity index (χ4n) is 1.35. The van der Waals surface area contributed by atoms with Crippen LogP contribution in [0.15, 0.2) is 5.16 Å². The van der Waals surface area contributed by atoms with Gasteiger partial charge < -0.3 is 20.6 Å². The number of amidine groups is 1. The molecule has 0 aliphatic rings. The molecule has 0 heterocycles. The SMILES string of the molecule is COC(C)CCC(=O)N(CC(N)=NO)C(C)C. The van der Waals surface area contributed by atoms with Crippen molar-refractivity contribution in [2.75, 3.05) is 13.7 Å². The van der Waals surface area contributed by atoms with Crippen LogP contribution < -0.4 is 5.73 Å². The summed E-state index contributed by atoms with van der Waals surface area (Å²) in [6.07, 6.45) is 1.11. The third-order valence-corrected chi connectivity index (χ3v) is 2.57. The Hall–Kier alpha value is -1.30. The first-order chi connectivity index (χ1) is 7.92.